The minimum absolute atomic E-state index is 0.00940. The first-order valence-electron chi connectivity index (χ1n) is 8.55. The molecule has 3 rings (SSSR count). The molecule has 0 spiro atoms. The second-order valence-electron chi connectivity index (χ2n) is 6.56. The van der Waals surface area contributed by atoms with Crippen LogP contribution in [0.5, 0.6) is 5.75 Å². The topological polar surface area (TPSA) is 55.6 Å². The van der Waals surface area contributed by atoms with Crippen molar-refractivity contribution in [2.45, 2.75) is 26.0 Å². The number of carbonyl (C=O) groups excluding carboxylic acids is 1. The van der Waals surface area contributed by atoms with Gasteiger partial charge in [-0.25, -0.2) is 0 Å². The molecule has 1 aliphatic rings. The van der Waals surface area contributed by atoms with E-state index in [1.54, 1.807) is 0 Å². The maximum Gasteiger partial charge on any atom is 0.257 e. The third-order valence-electron chi connectivity index (χ3n) is 4.68. The van der Waals surface area contributed by atoms with Crippen molar-refractivity contribution in [2.24, 2.45) is 11.7 Å². The van der Waals surface area contributed by atoms with Crippen LogP contribution in [-0.4, -0.2) is 29.9 Å². The van der Waals surface area contributed by atoms with Crippen molar-refractivity contribution in [1.29, 1.82) is 0 Å². The number of hydrogen-bond acceptors (Lipinski definition) is 3. The SMILES string of the molecule is CC1CC(CN)CN1C(=O)c1ccccc1OCc1ccc(Cl)cc1. The first-order chi connectivity index (χ1) is 12.1. The van der Waals surface area contributed by atoms with Gasteiger partial charge in [0.15, 0.2) is 0 Å². The highest BCUT2D eigenvalue weighted by Gasteiger charge is 2.33. The summed E-state index contributed by atoms with van der Waals surface area (Å²) in [5.74, 6) is 0.988. The van der Waals surface area contributed by atoms with E-state index >= 15 is 0 Å². The van der Waals surface area contributed by atoms with Crippen LogP contribution < -0.4 is 10.5 Å². The van der Waals surface area contributed by atoms with Crippen molar-refractivity contribution in [1.82, 2.24) is 4.90 Å². The van der Waals surface area contributed by atoms with Crippen LogP contribution in [0.4, 0.5) is 0 Å². The third kappa shape index (κ3) is 4.14. The molecule has 0 aromatic heterocycles. The number of nitrogens with zero attached hydrogens (tertiary/aromatic N) is 1. The van der Waals surface area contributed by atoms with Gasteiger partial charge in [-0.1, -0.05) is 35.9 Å². The third-order valence-corrected chi connectivity index (χ3v) is 4.93. The Morgan fingerprint density at radius 1 is 1.24 bits per heavy atom. The number of benzene rings is 2. The summed E-state index contributed by atoms with van der Waals surface area (Å²) in [5, 5.41) is 0.691. The van der Waals surface area contributed by atoms with E-state index in [4.69, 9.17) is 22.1 Å². The Hall–Kier alpha value is -2.04. The number of amides is 1. The number of rotatable bonds is 5. The van der Waals surface area contributed by atoms with E-state index in [1.165, 1.54) is 0 Å². The highest BCUT2D eigenvalue weighted by molar-refractivity contribution is 6.30. The van der Waals surface area contributed by atoms with Crippen LogP contribution in [0.1, 0.15) is 29.3 Å². The van der Waals surface area contributed by atoms with Crippen molar-refractivity contribution in [3.05, 3.63) is 64.7 Å². The summed E-state index contributed by atoms with van der Waals surface area (Å²) < 4.78 is 5.92. The van der Waals surface area contributed by atoms with E-state index in [9.17, 15) is 4.79 Å². The van der Waals surface area contributed by atoms with Gasteiger partial charge in [-0.05, 0) is 55.6 Å². The zero-order valence-electron chi connectivity index (χ0n) is 14.3. The highest BCUT2D eigenvalue weighted by atomic mass is 35.5. The predicted octanol–water partition coefficient (Wildman–Crippen LogP) is 3.73. The Balaban J connectivity index is 1.74. The maximum atomic E-state index is 13.0. The zero-order chi connectivity index (χ0) is 17.8. The van der Waals surface area contributed by atoms with Crippen molar-refractivity contribution >= 4 is 17.5 Å². The quantitative estimate of drug-likeness (QED) is 0.886. The summed E-state index contributed by atoms with van der Waals surface area (Å²) >= 11 is 5.91. The Morgan fingerprint density at radius 3 is 2.64 bits per heavy atom. The van der Waals surface area contributed by atoms with E-state index < -0.39 is 0 Å². The monoisotopic (exact) mass is 358 g/mol. The summed E-state index contributed by atoms with van der Waals surface area (Å²) in [6, 6.07) is 15.1. The van der Waals surface area contributed by atoms with Crippen LogP contribution in [0.2, 0.25) is 5.02 Å². The van der Waals surface area contributed by atoms with Crippen LogP contribution in [0.3, 0.4) is 0 Å². The lowest BCUT2D eigenvalue weighted by molar-refractivity contribution is 0.0738. The van der Waals surface area contributed by atoms with E-state index in [-0.39, 0.29) is 11.9 Å². The molecule has 1 saturated heterocycles. The second-order valence-corrected chi connectivity index (χ2v) is 6.99. The predicted molar refractivity (Wildman–Crippen MR) is 99.9 cm³/mol. The van der Waals surface area contributed by atoms with Gasteiger partial charge in [-0.3, -0.25) is 4.79 Å². The van der Waals surface area contributed by atoms with Crippen molar-refractivity contribution in [2.75, 3.05) is 13.1 Å². The van der Waals surface area contributed by atoms with Crippen molar-refractivity contribution in [3.8, 4) is 5.75 Å². The molecule has 0 aliphatic carbocycles. The molecule has 2 aromatic rings. The standard InChI is InChI=1S/C20H23ClN2O2/c1-14-10-16(11-22)12-23(14)20(24)18-4-2-3-5-19(18)25-13-15-6-8-17(21)9-7-15/h2-9,14,16H,10-13,22H2,1H3. The molecule has 1 fully saturated rings. The van der Waals surface area contributed by atoms with Gasteiger partial charge >= 0.3 is 0 Å². The molecule has 1 aliphatic heterocycles. The Bertz CT molecular complexity index is 733. The molecule has 0 saturated carbocycles. The molecule has 2 N–H and O–H groups in total. The molecule has 4 nitrogen and oxygen atoms in total. The molecule has 2 aromatic carbocycles. The number of carbonyl (C=O) groups is 1. The Kier molecular flexibility index (Phi) is 5.61. The second kappa shape index (κ2) is 7.89. The molecular weight excluding hydrogens is 336 g/mol. The van der Waals surface area contributed by atoms with E-state index in [2.05, 4.69) is 6.92 Å². The van der Waals surface area contributed by atoms with Crippen LogP contribution in [0.15, 0.2) is 48.5 Å². The number of hydrogen-bond donors (Lipinski definition) is 1. The van der Waals surface area contributed by atoms with Crippen LogP contribution >= 0.6 is 11.6 Å². The van der Waals surface area contributed by atoms with Gasteiger partial charge < -0.3 is 15.4 Å². The lowest BCUT2D eigenvalue weighted by Gasteiger charge is -2.23. The van der Waals surface area contributed by atoms with Crippen LogP contribution in [0.25, 0.3) is 0 Å². The number of likely N-dealkylation sites (tertiary alicyclic amines) is 1. The van der Waals surface area contributed by atoms with Crippen LogP contribution in [0, 0.1) is 5.92 Å². The zero-order valence-corrected chi connectivity index (χ0v) is 15.1. The Morgan fingerprint density at radius 2 is 1.96 bits per heavy atom. The van der Waals surface area contributed by atoms with Crippen molar-refractivity contribution < 1.29 is 9.53 Å². The summed E-state index contributed by atoms with van der Waals surface area (Å²) in [6.07, 6.45) is 0.954. The molecule has 0 bridgehead atoms. The smallest absolute Gasteiger partial charge is 0.257 e. The van der Waals surface area contributed by atoms with E-state index in [0.717, 1.165) is 12.0 Å². The lowest BCUT2D eigenvalue weighted by Crippen LogP contribution is -2.34. The molecule has 2 atom stereocenters. The average molecular weight is 359 g/mol. The maximum absolute atomic E-state index is 13.0. The van der Waals surface area contributed by atoms with Gasteiger partial charge in [0, 0.05) is 17.6 Å². The normalized spacial score (nSPS) is 19.9. The summed E-state index contributed by atoms with van der Waals surface area (Å²) in [5.41, 5.74) is 7.38. The molecule has 5 heteroatoms. The molecule has 132 valence electrons. The molecule has 25 heavy (non-hydrogen) atoms. The number of halogens is 1. The van der Waals surface area contributed by atoms with E-state index in [0.29, 0.717) is 41.9 Å². The van der Waals surface area contributed by atoms with Gasteiger partial charge in [0.1, 0.15) is 12.4 Å². The fourth-order valence-electron chi connectivity index (χ4n) is 3.26. The lowest BCUT2D eigenvalue weighted by atomic mass is 10.1. The number of nitrogens with two attached hydrogens (primary N) is 1. The van der Waals surface area contributed by atoms with Gasteiger partial charge in [0.2, 0.25) is 0 Å². The summed E-state index contributed by atoms with van der Waals surface area (Å²) in [4.78, 5) is 14.9. The largest absolute Gasteiger partial charge is 0.488 e. The fraction of sp³-hybridized carbons (Fsp3) is 0.350. The molecule has 2 unspecified atom stereocenters. The highest BCUT2D eigenvalue weighted by Crippen LogP contribution is 2.28. The average Bonchev–Trinajstić information content (AvgIpc) is 3.02. The summed E-state index contributed by atoms with van der Waals surface area (Å²) in [7, 11) is 0. The first kappa shape index (κ1) is 17.8. The van der Waals surface area contributed by atoms with Gasteiger partial charge in [-0.15, -0.1) is 0 Å². The number of ether oxygens (including phenoxy) is 1. The Labute approximate surface area is 153 Å². The first-order valence-corrected chi connectivity index (χ1v) is 8.93. The van der Waals surface area contributed by atoms with Crippen LogP contribution in [-0.2, 0) is 6.61 Å². The fourth-order valence-corrected chi connectivity index (χ4v) is 3.39. The summed E-state index contributed by atoms with van der Waals surface area (Å²) in [6.45, 7) is 3.79. The minimum atomic E-state index is 0.00940. The number of para-hydroxylation sites is 1. The van der Waals surface area contributed by atoms with E-state index in [1.807, 2.05) is 53.4 Å². The molecule has 1 heterocycles. The minimum Gasteiger partial charge on any atom is -0.488 e. The van der Waals surface area contributed by atoms with Gasteiger partial charge in [0.25, 0.3) is 5.91 Å². The molecule has 0 radical (unpaired) electrons. The molecular formula is C20H23ClN2O2. The van der Waals surface area contributed by atoms with Gasteiger partial charge in [-0.2, -0.15) is 0 Å². The van der Waals surface area contributed by atoms with Gasteiger partial charge in [0.05, 0.1) is 5.56 Å². The molecule has 1 amide bonds. The van der Waals surface area contributed by atoms with Crippen molar-refractivity contribution in [3.63, 3.8) is 0 Å².